The lowest BCUT2D eigenvalue weighted by Crippen LogP contribution is -2.40. The second kappa shape index (κ2) is 4.76. The molecule has 2 heterocycles. The van der Waals surface area contributed by atoms with Crippen LogP contribution in [0.4, 0.5) is 0 Å². The monoisotopic (exact) mass is 253 g/mol. The Morgan fingerprint density at radius 1 is 1.11 bits per heavy atom. The summed E-state index contributed by atoms with van der Waals surface area (Å²) in [5, 5.41) is 2.96. The fourth-order valence-electron chi connectivity index (χ4n) is 2.42. The topological polar surface area (TPSA) is 38.3 Å². The lowest BCUT2D eigenvalue weighted by molar-refractivity contribution is -0.122. The first kappa shape index (κ1) is 11.8. The summed E-state index contributed by atoms with van der Waals surface area (Å²) in [5.74, 6) is 0.656. The third kappa shape index (κ3) is 2.19. The van der Waals surface area contributed by atoms with Gasteiger partial charge in [-0.05, 0) is 23.3 Å². The Hall–Kier alpha value is -2.29. The number of nitrogens with one attached hydrogen (secondary N) is 1. The molecular formula is C16H15NO2. The van der Waals surface area contributed by atoms with E-state index in [1.165, 1.54) is 0 Å². The number of hydrogen-bond acceptors (Lipinski definition) is 2. The smallest absolute Gasteiger partial charge is 0.232 e. The van der Waals surface area contributed by atoms with Crippen LogP contribution in [0, 0.1) is 5.92 Å². The van der Waals surface area contributed by atoms with Gasteiger partial charge in [-0.3, -0.25) is 4.79 Å². The van der Waals surface area contributed by atoms with Crippen molar-refractivity contribution in [1.82, 2.24) is 5.32 Å². The minimum atomic E-state index is -0.213. The highest BCUT2D eigenvalue weighted by molar-refractivity contribution is 5.96. The van der Waals surface area contributed by atoms with E-state index in [1.54, 1.807) is 7.11 Å². The molecule has 1 aliphatic carbocycles. The molecule has 96 valence electrons. The molecule has 4 rings (SSSR count). The Morgan fingerprint density at radius 3 is 2.58 bits per heavy atom. The van der Waals surface area contributed by atoms with Gasteiger partial charge in [0.2, 0.25) is 5.91 Å². The summed E-state index contributed by atoms with van der Waals surface area (Å²) in [4.78, 5) is 12.1. The van der Waals surface area contributed by atoms with Crippen LogP contribution in [0.15, 0.2) is 54.6 Å². The number of fused-ring (bicyclic) bond motifs is 2. The summed E-state index contributed by atoms with van der Waals surface area (Å²) in [5.41, 5.74) is 2.04. The van der Waals surface area contributed by atoms with Gasteiger partial charge in [-0.25, -0.2) is 0 Å². The van der Waals surface area contributed by atoms with E-state index in [4.69, 9.17) is 4.74 Å². The average Bonchev–Trinajstić information content (AvgIpc) is 2.41. The third-order valence-corrected chi connectivity index (χ3v) is 3.45. The molecule has 1 aromatic rings. The van der Waals surface area contributed by atoms with Crippen molar-refractivity contribution in [3.8, 4) is 5.75 Å². The van der Waals surface area contributed by atoms with E-state index in [2.05, 4.69) is 5.32 Å². The predicted molar refractivity (Wildman–Crippen MR) is 74.7 cm³/mol. The summed E-state index contributed by atoms with van der Waals surface area (Å²) < 4.78 is 5.16. The number of benzene rings is 1. The molecule has 1 amide bonds. The first-order valence-corrected chi connectivity index (χ1v) is 6.29. The van der Waals surface area contributed by atoms with Gasteiger partial charge in [0.1, 0.15) is 5.75 Å². The summed E-state index contributed by atoms with van der Waals surface area (Å²) in [6.45, 7) is 0. The molecular weight excluding hydrogens is 238 g/mol. The van der Waals surface area contributed by atoms with Gasteiger partial charge < -0.3 is 10.1 Å². The highest BCUT2D eigenvalue weighted by Crippen LogP contribution is 2.30. The SMILES string of the molecule is COc1ccc(C2=CC=C[C@@H]3C=C[C@@H]2C(=O)N3)cc1. The molecule has 2 atom stereocenters. The molecule has 0 aromatic heterocycles. The number of ether oxygens (including phenoxy) is 1. The summed E-state index contributed by atoms with van der Waals surface area (Å²) >= 11 is 0. The number of methoxy groups -OCH3 is 1. The molecule has 0 fully saturated rings. The molecule has 1 aromatic carbocycles. The second-order valence-corrected chi connectivity index (χ2v) is 4.63. The Morgan fingerprint density at radius 2 is 1.89 bits per heavy atom. The maximum atomic E-state index is 12.1. The molecule has 19 heavy (non-hydrogen) atoms. The van der Waals surface area contributed by atoms with E-state index in [0.717, 1.165) is 16.9 Å². The number of allylic oxidation sites excluding steroid dienone is 2. The van der Waals surface area contributed by atoms with Crippen molar-refractivity contribution in [2.45, 2.75) is 6.04 Å². The van der Waals surface area contributed by atoms with Gasteiger partial charge in [0.25, 0.3) is 0 Å². The maximum Gasteiger partial charge on any atom is 0.232 e. The van der Waals surface area contributed by atoms with Gasteiger partial charge in [0, 0.05) is 0 Å². The van der Waals surface area contributed by atoms with Crippen LogP contribution >= 0.6 is 0 Å². The van der Waals surface area contributed by atoms with Crippen molar-refractivity contribution in [2.24, 2.45) is 5.92 Å². The van der Waals surface area contributed by atoms with Gasteiger partial charge in [-0.1, -0.05) is 42.5 Å². The van der Waals surface area contributed by atoms with Crippen molar-refractivity contribution in [3.05, 3.63) is 60.2 Å². The van der Waals surface area contributed by atoms with Gasteiger partial charge >= 0.3 is 0 Å². The summed E-state index contributed by atoms with van der Waals surface area (Å²) in [6, 6.07) is 7.80. The van der Waals surface area contributed by atoms with Gasteiger partial charge in [-0.2, -0.15) is 0 Å². The van der Waals surface area contributed by atoms with Crippen molar-refractivity contribution < 1.29 is 9.53 Å². The zero-order chi connectivity index (χ0) is 13.2. The van der Waals surface area contributed by atoms with E-state index in [0.29, 0.717) is 0 Å². The van der Waals surface area contributed by atoms with Crippen molar-refractivity contribution in [3.63, 3.8) is 0 Å². The number of rotatable bonds is 2. The molecule has 3 heteroatoms. The molecule has 0 saturated heterocycles. The average molecular weight is 253 g/mol. The fourth-order valence-corrected chi connectivity index (χ4v) is 2.42. The molecule has 1 N–H and O–H groups in total. The third-order valence-electron chi connectivity index (χ3n) is 3.45. The summed E-state index contributed by atoms with van der Waals surface area (Å²) in [6.07, 6.45) is 10.00. The van der Waals surface area contributed by atoms with E-state index in [1.807, 2.05) is 54.6 Å². The second-order valence-electron chi connectivity index (χ2n) is 4.63. The van der Waals surface area contributed by atoms with Gasteiger partial charge in [-0.15, -0.1) is 0 Å². The largest absolute Gasteiger partial charge is 0.497 e. The minimum Gasteiger partial charge on any atom is -0.497 e. The quantitative estimate of drug-likeness (QED) is 0.821. The van der Waals surface area contributed by atoms with Crippen LogP contribution in [0.5, 0.6) is 5.75 Å². The van der Waals surface area contributed by atoms with Crippen LogP contribution in [0.1, 0.15) is 5.56 Å². The maximum absolute atomic E-state index is 12.1. The highest BCUT2D eigenvalue weighted by Gasteiger charge is 2.27. The van der Waals surface area contributed by atoms with Crippen LogP contribution in [0.2, 0.25) is 0 Å². The molecule has 0 unspecified atom stereocenters. The van der Waals surface area contributed by atoms with Crippen LogP contribution in [0.3, 0.4) is 0 Å². The fraction of sp³-hybridized carbons (Fsp3) is 0.188. The predicted octanol–water partition coefficient (Wildman–Crippen LogP) is 2.32. The molecule has 0 spiro atoms. The highest BCUT2D eigenvalue weighted by atomic mass is 16.5. The number of hydrogen-bond donors (Lipinski definition) is 1. The normalized spacial score (nSPS) is 24.5. The molecule has 0 saturated carbocycles. The standard InChI is InChI=1S/C16H15NO2/c1-19-13-8-5-11(6-9-13)14-4-2-3-12-7-10-15(14)16(18)17-12/h2-10,12,15H,1H3,(H,17,18)/t12-,15+/m1/s1. The number of amides is 1. The van der Waals surface area contributed by atoms with Gasteiger partial charge in [0.05, 0.1) is 19.1 Å². The Labute approximate surface area is 112 Å². The van der Waals surface area contributed by atoms with Crippen LogP contribution in [0.25, 0.3) is 5.57 Å². The van der Waals surface area contributed by atoms with Crippen LogP contribution in [-0.2, 0) is 4.79 Å². The van der Waals surface area contributed by atoms with Crippen molar-refractivity contribution in [1.29, 1.82) is 0 Å². The molecule has 2 aliphatic heterocycles. The Bertz CT molecular complexity index is 581. The van der Waals surface area contributed by atoms with E-state index >= 15 is 0 Å². The van der Waals surface area contributed by atoms with E-state index < -0.39 is 0 Å². The number of carbonyl (C=O) groups excluding carboxylic acids is 1. The molecule has 2 bridgehead atoms. The van der Waals surface area contributed by atoms with Crippen LogP contribution in [-0.4, -0.2) is 19.1 Å². The molecule has 3 nitrogen and oxygen atoms in total. The first-order valence-electron chi connectivity index (χ1n) is 6.29. The first-order chi connectivity index (χ1) is 9.28. The lowest BCUT2D eigenvalue weighted by atomic mass is 9.86. The van der Waals surface area contributed by atoms with Gasteiger partial charge in [0.15, 0.2) is 0 Å². The van der Waals surface area contributed by atoms with E-state index in [9.17, 15) is 4.79 Å². The Kier molecular flexibility index (Phi) is 2.95. The number of carbonyl (C=O) groups is 1. The zero-order valence-electron chi connectivity index (χ0n) is 10.7. The Balaban J connectivity index is 2.01. The van der Waals surface area contributed by atoms with Crippen LogP contribution < -0.4 is 10.1 Å². The zero-order valence-corrected chi connectivity index (χ0v) is 10.7. The molecule has 0 radical (unpaired) electrons. The van der Waals surface area contributed by atoms with Crippen molar-refractivity contribution >= 4 is 11.5 Å². The lowest BCUT2D eigenvalue weighted by Gasteiger charge is -2.26. The minimum absolute atomic E-state index is 0.0254. The molecule has 3 aliphatic rings. The van der Waals surface area contributed by atoms with Crippen molar-refractivity contribution in [2.75, 3.05) is 7.11 Å². The van der Waals surface area contributed by atoms with E-state index in [-0.39, 0.29) is 17.9 Å². The summed E-state index contributed by atoms with van der Waals surface area (Å²) in [7, 11) is 1.64.